The number of hydrogen-bond acceptors (Lipinski definition) is 1. The van der Waals surface area contributed by atoms with Crippen LogP contribution in [-0.2, 0) is 4.74 Å². The van der Waals surface area contributed by atoms with Crippen LogP contribution in [0.4, 0.5) is 0 Å². The molecule has 0 bridgehead atoms. The highest BCUT2D eigenvalue weighted by Crippen LogP contribution is 2.31. The molecule has 10 heavy (non-hydrogen) atoms. The van der Waals surface area contributed by atoms with Crippen LogP contribution in [-0.4, -0.2) is 17.0 Å². The molecule has 1 aliphatic rings. The molecule has 1 fully saturated rings. The summed E-state index contributed by atoms with van der Waals surface area (Å²) in [6, 6.07) is 0. The number of hydrogen-bond donors (Lipinski definition) is 0. The van der Waals surface area contributed by atoms with Gasteiger partial charge in [0.25, 0.3) is 0 Å². The summed E-state index contributed by atoms with van der Waals surface area (Å²) in [4.78, 5) is -0.289. The molecule has 0 spiro atoms. The molecule has 0 amide bonds. The van der Waals surface area contributed by atoms with Gasteiger partial charge in [-0.3, -0.25) is 0 Å². The van der Waals surface area contributed by atoms with Crippen LogP contribution in [0.5, 0.6) is 0 Å². The van der Waals surface area contributed by atoms with Gasteiger partial charge in [-0.15, -0.1) is 23.2 Å². The van der Waals surface area contributed by atoms with E-state index >= 15 is 0 Å². The average molecular weight is 183 g/mol. The topological polar surface area (TPSA) is 9.23 Å². The van der Waals surface area contributed by atoms with Gasteiger partial charge in [0.15, 0.2) is 0 Å². The number of halogens is 2. The van der Waals surface area contributed by atoms with E-state index in [-0.39, 0.29) is 10.4 Å². The van der Waals surface area contributed by atoms with E-state index in [2.05, 4.69) is 6.92 Å². The monoisotopic (exact) mass is 182 g/mol. The van der Waals surface area contributed by atoms with Crippen LogP contribution in [0.2, 0.25) is 0 Å². The largest absolute Gasteiger partial charge is 0.375 e. The summed E-state index contributed by atoms with van der Waals surface area (Å²) in [5.41, 5.74) is -0.0475. The predicted octanol–water partition coefficient (Wildman–Crippen LogP) is 2.75. The van der Waals surface area contributed by atoms with Crippen LogP contribution in [0.3, 0.4) is 0 Å². The summed E-state index contributed by atoms with van der Waals surface area (Å²) < 4.78 is 5.48. The molecule has 1 heterocycles. The molecule has 1 rings (SSSR count). The first-order chi connectivity index (χ1) is 4.62. The Morgan fingerprint density at radius 2 is 2.30 bits per heavy atom. The highest BCUT2D eigenvalue weighted by Gasteiger charge is 2.31. The highest BCUT2D eigenvalue weighted by molar-refractivity contribution is 6.44. The van der Waals surface area contributed by atoms with Crippen molar-refractivity contribution in [2.45, 2.75) is 36.6 Å². The summed E-state index contributed by atoms with van der Waals surface area (Å²) in [6.45, 7) is 2.93. The third-order valence-corrected chi connectivity index (χ3v) is 2.20. The minimum absolute atomic E-state index is 0.0475. The Morgan fingerprint density at radius 3 is 2.70 bits per heavy atom. The molecule has 0 N–H and O–H groups in total. The molecule has 1 nitrogen and oxygen atoms in total. The van der Waals surface area contributed by atoms with Gasteiger partial charge in [-0.25, -0.2) is 0 Å². The third-order valence-electron chi connectivity index (χ3n) is 1.89. The van der Waals surface area contributed by atoms with Crippen molar-refractivity contribution >= 4 is 23.2 Å². The van der Waals surface area contributed by atoms with E-state index in [1.807, 2.05) is 0 Å². The van der Waals surface area contributed by atoms with Crippen molar-refractivity contribution in [3.63, 3.8) is 0 Å². The van der Waals surface area contributed by atoms with Gasteiger partial charge in [0.05, 0.1) is 5.60 Å². The Bertz CT molecular complexity index is 108. The van der Waals surface area contributed by atoms with Crippen molar-refractivity contribution in [1.82, 2.24) is 0 Å². The second-order valence-electron chi connectivity index (χ2n) is 3.00. The molecule has 1 atom stereocenters. The van der Waals surface area contributed by atoms with E-state index in [0.29, 0.717) is 0 Å². The smallest absolute Gasteiger partial charge is 0.110 e. The Hall–Kier alpha value is 0.540. The normalized spacial score (nSPS) is 33.6. The third kappa shape index (κ3) is 2.30. The number of ether oxygens (including phenoxy) is 1. The maximum absolute atomic E-state index is 5.63. The van der Waals surface area contributed by atoms with E-state index in [4.69, 9.17) is 27.9 Å². The fourth-order valence-electron chi connectivity index (χ4n) is 1.32. The van der Waals surface area contributed by atoms with Crippen molar-refractivity contribution in [3.8, 4) is 0 Å². The van der Waals surface area contributed by atoms with Crippen LogP contribution >= 0.6 is 23.2 Å². The average Bonchev–Trinajstić information content (AvgIpc) is 2.12. The van der Waals surface area contributed by atoms with E-state index in [1.165, 1.54) is 0 Å². The van der Waals surface area contributed by atoms with Gasteiger partial charge in [-0.1, -0.05) is 0 Å². The molecule has 0 aromatic rings. The molecule has 60 valence electrons. The first-order valence-electron chi connectivity index (χ1n) is 3.54. The second-order valence-corrected chi connectivity index (χ2v) is 4.27. The number of rotatable bonds is 2. The molecule has 0 radical (unpaired) electrons. The molecular formula is C7H12Cl2O. The quantitative estimate of drug-likeness (QED) is 0.598. The van der Waals surface area contributed by atoms with Crippen molar-refractivity contribution < 1.29 is 4.74 Å². The van der Waals surface area contributed by atoms with Crippen LogP contribution < -0.4 is 0 Å². The standard InChI is InChI=1S/C7H12Cl2O/c1-7(5-6(8)9)3-2-4-10-7/h6H,2-5H2,1H3. The maximum atomic E-state index is 5.63. The summed E-state index contributed by atoms with van der Waals surface area (Å²) in [5.74, 6) is 0. The zero-order valence-corrected chi connectivity index (χ0v) is 7.58. The summed E-state index contributed by atoms with van der Waals surface area (Å²) in [5, 5.41) is 0. The van der Waals surface area contributed by atoms with Crippen LogP contribution in [0, 0.1) is 0 Å². The Labute approximate surface area is 71.6 Å². The molecule has 1 unspecified atom stereocenters. The fourth-order valence-corrected chi connectivity index (χ4v) is 1.98. The lowest BCUT2D eigenvalue weighted by atomic mass is 10.00. The van der Waals surface area contributed by atoms with Crippen LogP contribution in [0.1, 0.15) is 26.2 Å². The fraction of sp³-hybridized carbons (Fsp3) is 1.00. The molecule has 1 aliphatic heterocycles. The van der Waals surface area contributed by atoms with E-state index in [1.54, 1.807) is 0 Å². The molecule has 0 aromatic carbocycles. The second kappa shape index (κ2) is 3.29. The molecule has 0 aromatic heterocycles. The SMILES string of the molecule is CC1(CC(Cl)Cl)CCCO1. The van der Waals surface area contributed by atoms with Crippen molar-refractivity contribution in [2.75, 3.05) is 6.61 Å². The van der Waals surface area contributed by atoms with Gasteiger partial charge in [0.2, 0.25) is 0 Å². The summed E-state index contributed by atoms with van der Waals surface area (Å²) in [6.07, 6.45) is 2.97. The lowest BCUT2D eigenvalue weighted by molar-refractivity contribution is 0.0163. The number of alkyl halides is 2. The Morgan fingerprint density at radius 1 is 1.60 bits per heavy atom. The predicted molar refractivity (Wildman–Crippen MR) is 43.7 cm³/mol. The highest BCUT2D eigenvalue weighted by atomic mass is 35.5. The summed E-state index contributed by atoms with van der Waals surface area (Å²) >= 11 is 11.3. The molecule has 3 heteroatoms. The molecule has 0 saturated carbocycles. The first kappa shape index (κ1) is 8.63. The van der Waals surface area contributed by atoms with Gasteiger partial charge >= 0.3 is 0 Å². The molecule has 0 aliphatic carbocycles. The minimum Gasteiger partial charge on any atom is -0.375 e. The van der Waals surface area contributed by atoms with Crippen molar-refractivity contribution in [1.29, 1.82) is 0 Å². The van der Waals surface area contributed by atoms with Gasteiger partial charge < -0.3 is 4.74 Å². The zero-order valence-electron chi connectivity index (χ0n) is 6.07. The zero-order chi connectivity index (χ0) is 7.61. The van der Waals surface area contributed by atoms with E-state index in [0.717, 1.165) is 25.9 Å². The van der Waals surface area contributed by atoms with Gasteiger partial charge in [-0.05, 0) is 19.8 Å². The summed E-state index contributed by atoms with van der Waals surface area (Å²) in [7, 11) is 0. The molecule has 1 saturated heterocycles. The Kier molecular flexibility index (Phi) is 2.84. The van der Waals surface area contributed by atoms with Gasteiger partial charge in [0.1, 0.15) is 4.84 Å². The van der Waals surface area contributed by atoms with Crippen molar-refractivity contribution in [2.24, 2.45) is 0 Å². The Balaban J connectivity index is 2.36. The maximum Gasteiger partial charge on any atom is 0.110 e. The van der Waals surface area contributed by atoms with Crippen LogP contribution in [0.15, 0.2) is 0 Å². The minimum atomic E-state index is -0.289. The van der Waals surface area contributed by atoms with Crippen molar-refractivity contribution in [3.05, 3.63) is 0 Å². The first-order valence-corrected chi connectivity index (χ1v) is 4.42. The lowest BCUT2D eigenvalue weighted by Gasteiger charge is -2.23. The lowest BCUT2D eigenvalue weighted by Crippen LogP contribution is -2.25. The molecular weight excluding hydrogens is 171 g/mol. The van der Waals surface area contributed by atoms with Gasteiger partial charge in [0, 0.05) is 13.0 Å². The van der Waals surface area contributed by atoms with E-state index in [9.17, 15) is 0 Å². The van der Waals surface area contributed by atoms with E-state index < -0.39 is 0 Å². The van der Waals surface area contributed by atoms with Gasteiger partial charge in [-0.2, -0.15) is 0 Å². The van der Waals surface area contributed by atoms with Crippen LogP contribution in [0.25, 0.3) is 0 Å².